The predicted octanol–water partition coefficient (Wildman–Crippen LogP) is 7.60. The molecule has 174 valence electrons. The number of unbranched alkanes of at least 4 members (excludes halogenated alkanes) is 4. The molecule has 5 heteroatoms. The van der Waals surface area contributed by atoms with Gasteiger partial charge in [0, 0.05) is 29.7 Å². The summed E-state index contributed by atoms with van der Waals surface area (Å²) in [5.74, 6) is 1.06. The number of hydrogen-bond acceptors (Lipinski definition) is 5. The highest BCUT2D eigenvalue weighted by Gasteiger charge is 2.20. The topological polar surface area (TPSA) is 61.8 Å². The Bertz CT molecular complexity index is 1060. The van der Waals surface area contributed by atoms with Crippen LogP contribution in [0.25, 0.3) is 10.8 Å². The van der Waals surface area contributed by atoms with E-state index in [2.05, 4.69) is 13.8 Å². The fourth-order valence-corrected chi connectivity index (χ4v) is 3.55. The van der Waals surface area contributed by atoms with Gasteiger partial charge in [-0.2, -0.15) is 0 Å². The maximum atomic E-state index is 12.6. The highest BCUT2D eigenvalue weighted by atomic mass is 16.6. The van der Waals surface area contributed by atoms with Crippen LogP contribution in [0.4, 0.5) is 0 Å². The minimum Gasteiger partial charge on any atom is -0.453 e. The average Bonchev–Trinajstić information content (AvgIpc) is 2.82. The number of hydrogen-bond donors (Lipinski definition) is 0. The normalized spacial score (nSPS) is 10.7. The lowest BCUT2D eigenvalue weighted by Gasteiger charge is -2.17. The minimum absolute atomic E-state index is 0.288. The van der Waals surface area contributed by atoms with Crippen molar-refractivity contribution in [2.24, 2.45) is 0 Å². The van der Waals surface area contributed by atoms with E-state index >= 15 is 0 Å². The van der Waals surface area contributed by atoms with Crippen molar-refractivity contribution in [3.63, 3.8) is 0 Å². The molecule has 0 bridgehead atoms. The first-order valence-corrected chi connectivity index (χ1v) is 11.8. The lowest BCUT2D eigenvalue weighted by molar-refractivity contribution is -0.135. The van der Waals surface area contributed by atoms with E-state index in [4.69, 9.17) is 14.2 Å². The van der Waals surface area contributed by atoms with Gasteiger partial charge >= 0.3 is 11.9 Å². The van der Waals surface area contributed by atoms with Gasteiger partial charge in [-0.1, -0.05) is 82.0 Å². The van der Waals surface area contributed by atoms with E-state index in [1.165, 1.54) is 0 Å². The molecule has 0 fully saturated rings. The molecular formula is C28H32O5. The molecule has 0 saturated heterocycles. The first-order chi connectivity index (χ1) is 16.1. The standard InChI is InChI=1S/C28H32O5/c1-3-5-8-18-26(29)32-24-20-25(31-21-14-10-7-11-15-21)28(23-17-13-12-16-22(23)24)33-27(30)19-9-6-4-2/h7,10-17,20H,3-6,8-9,18-19H2,1-2H3. The lowest BCUT2D eigenvalue weighted by atomic mass is 10.1. The van der Waals surface area contributed by atoms with Crippen LogP contribution in [0.3, 0.4) is 0 Å². The zero-order valence-electron chi connectivity index (χ0n) is 19.5. The van der Waals surface area contributed by atoms with Gasteiger partial charge < -0.3 is 14.2 Å². The number of ether oxygens (including phenoxy) is 3. The summed E-state index contributed by atoms with van der Waals surface area (Å²) in [6, 6.07) is 18.3. The molecular weight excluding hydrogens is 416 g/mol. The van der Waals surface area contributed by atoms with E-state index in [-0.39, 0.29) is 11.9 Å². The number of carbonyl (C=O) groups excluding carboxylic acids is 2. The number of fused-ring (bicyclic) bond motifs is 1. The van der Waals surface area contributed by atoms with Crippen LogP contribution < -0.4 is 14.2 Å². The van der Waals surface area contributed by atoms with Crippen LogP contribution in [-0.2, 0) is 9.59 Å². The van der Waals surface area contributed by atoms with Crippen molar-refractivity contribution in [3.05, 3.63) is 60.7 Å². The summed E-state index contributed by atoms with van der Waals surface area (Å²) in [7, 11) is 0. The molecule has 0 aliphatic heterocycles. The van der Waals surface area contributed by atoms with Gasteiger partial charge in [-0.15, -0.1) is 0 Å². The van der Waals surface area contributed by atoms with Crippen LogP contribution in [0, 0.1) is 0 Å². The van der Waals surface area contributed by atoms with Crippen molar-refractivity contribution in [3.8, 4) is 23.0 Å². The number of para-hydroxylation sites is 1. The van der Waals surface area contributed by atoms with Gasteiger partial charge in [0.1, 0.15) is 11.5 Å². The summed E-state index contributed by atoms with van der Waals surface area (Å²) in [6.45, 7) is 4.18. The van der Waals surface area contributed by atoms with Crippen molar-refractivity contribution < 1.29 is 23.8 Å². The zero-order valence-corrected chi connectivity index (χ0v) is 19.5. The van der Waals surface area contributed by atoms with Gasteiger partial charge in [0.25, 0.3) is 0 Å². The molecule has 0 spiro atoms. The van der Waals surface area contributed by atoms with Gasteiger partial charge in [0.2, 0.25) is 0 Å². The summed E-state index contributed by atoms with van der Waals surface area (Å²) in [4.78, 5) is 25.0. The van der Waals surface area contributed by atoms with Gasteiger partial charge in [-0.25, -0.2) is 0 Å². The number of esters is 2. The van der Waals surface area contributed by atoms with Crippen LogP contribution in [0.2, 0.25) is 0 Å². The zero-order chi connectivity index (χ0) is 23.5. The maximum Gasteiger partial charge on any atom is 0.311 e. The van der Waals surface area contributed by atoms with E-state index in [0.29, 0.717) is 46.6 Å². The number of rotatable bonds is 12. The van der Waals surface area contributed by atoms with Crippen molar-refractivity contribution in [1.82, 2.24) is 0 Å². The Morgan fingerprint density at radius 3 is 1.88 bits per heavy atom. The SMILES string of the molecule is CCCCCC(=O)Oc1cc(Oc2ccccc2)c(OC(=O)CCCCC)c2ccccc12. The largest absolute Gasteiger partial charge is 0.453 e. The average molecular weight is 449 g/mol. The van der Waals surface area contributed by atoms with E-state index in [1.807, 2.05) is 54.6 Å². The molecule has 0 unspecified atom stereocenters. The number of carbonyl (C=O) groups is 2. The van der Waals surface area contributed by atoms with Crippen molar-refractivity contribution in [2.45, 2.75) is 65.2 Å². The van der Waals surface area contributed by atoms with E-state index in [0.717, 1.165) is 38.5 Å². The lowest BCUT2D eigenvalue weighted by Crippen LogP contribution is -2.10. The van der Waals surface area contributed by atoms with E-state index < -0.39 is 0 Å². The Morgan fingerprint density at radius 1 is 0.667 bits per heavy atom. The van der Waals surface area contributed by atoms with Crippen molar-refractivity contribution in [2.75, 3.05) is 0 Å². The summed E-state index contributed by atoms with van der Waals surface area (Å²) in [6.07, 6.45) is 6.25. The molecule has 33 heavy (non-hydrogen) atoms. The molecule has 0 aliphatic carbocycles. The third-order valence-corrected chi connectivity index (χ3v) is 5.30. The molecule has 0 heterocycles. The van der Waals surface area contributed by atoms with E-state index in [1.54, 1.807) is 6.07 Å². The third kappa shape index (κ3) is 7.07. The summed E-state index contributed by atoms with van der Waals surface area (Å²) in [5, 5.41) is 1.35. The molecule has 0 radical (unpaired) electrons. The first-order valence-electron chi connectivity index (χ1n) is 11.8. The third-order valence-electron chi connectivity index (χ3n) is 5.30. The fourth-order valence-electron chi connectivity index (χ4n) is 3.55. The van der Waals surface area contributed by atoms with E-state index in [9.17, 15) is 9.59 Å². The van der Waals surface area contributed by atoms with Gasteiger partial charge in [0.05, 0.1) is 0 Å². The summed E-state index contributed by atoms with van der Waals surface area (Å²) >= 11 is 0. The molecule has 0 amide bonds. The van der Waals surface area contributed by atoms with Crippen LogP contribution >= 0.6 is 0 Å². The predicted molar refractivity (Wildman–Crippen MR) is 130 cm³/mol. The molecule has 3 aromatic carbocycles. The van der Waals surface area contributed by atoms with Crippen molar-refractivity contribution in [1.29, 1.82) is 0 Å². The van der Waals surface area contributed by atoms with Crippen molar-refractivity contribution >= 4 is 22.7 Å². The Morgan fingerprint density at radius 2 is 1.24 bits per heavy atom. The molecule has 0 saturated carbocycles. The highest BCUT2D eigenvalue weighted by Crippen LogP contribution is 2.43. The summed E-state index contributed by atoms with van der Waals surface area (Å²) in [5.41, 5.74) is 0. The van der Waals surface area contributed by atoms with Crippen LogP contribution in [0.5, 0.6) is 23.0 Å². The summed E-state index contributed by atoms with van der Waals surface area (Å²) < 4.78 is 17.6. The minimum atomic E-state index is -0.309. The quantitative estimate of drug-likeness (QED) is 0.162. The molecule has 0 N–H and O–H groups in total. The smallest absolute Gasteiger partial charge is 0.311 e. The molecule has 0 aliphatic rings. The fraction of sp³-hybridized carbons (Fsp3) is 0.357. The Labute approximate surface area is 195 Å². The van der Waals surface area contributed by atoms with Crippen LogP contribution in [0.15, 0.2) is 60.7 Å². The second kappa shape index (κ2) is 12.6. The molecule has 0 atom stereocenters. The monoisotopic (exact) mass is 448 g/mol. The highest BCUT2D eigenvalue weighted by molar-refractivity contribution is 5.98. The van der Waals surface area contributed by atoms with Crippen LogP contribution in [-0.4, -0.2) is 11.9 Å². The molecule has 3 aromatic rings. The van der Waals surface area contributed by atoms with Gasteiger partial charge in [0.15, 0.2) is 11.5 Å². The number of benzene rings is 3. The Hall–Kier alpha value is -3.34. The molecule has 3 rings (SSSR count). The molecule has 0 aromatic heterocycles. The van der Waals surface area contributed by atoms with Gasteiger partial charge in [-0.3, -0.25) is 9.59 Å². The van der Waals surface area contributed by atoms with Crippen LogP contribution in [0.1, 0.15) is 65.2 Å². The second-order valence-corrected chi connectivity index (χ2v) is 8.03. The Kier molecular flexibility index (Phi) is 9.31. The maximum absolute atomic E-state index is 12.6. The molecule has 5 nitrogen and oxygen atoms in total. The Balaban J connectivity index is 1.98. The van der Waals surface area contributed by atoms with Gasteiger partial charge in [-0.05, 0) is 25.0 Å². The first kappa shape index (κ1) is 24.3. The second-order valence-electron chi connectivity index (χ2n) is 8.03.